The third kappa shape index (κ3) is 2.83. The Morgan fingerprint density at radius 1 is 1.41 bits per heavy atom. The number of nitriles is 1. The van der Waals surface area contributed by atoms with Crippen LogP contribution in [0.3, 0.4) is 0 Å². The van der Waals surface area contributed by atoms with Gasteiger partial charge in [0.05, 0.1) is 6.20 Å². The minimum Gasteiger partial charge on any atom is -0.486 e. The Balaban J connectivity index is 2.05. The molecule has 0 spiro atoms. The topological polar surface area (TPSA) is 45.9 Å². The molecule has 1 aromatic carbocycles. The van der Waals surface area contributed by atoms with Crippen molar-refractivity contribution in [1.82, 2.24) is 4.98 Å². The van der Waals surface area contributed by atoms with Crippen LogP contribution in [0.4, 0.5) is 0 Å². The number of hydrogen-bond donors (Lipinski definition) is 0. The fourth-order valence-electron chi connectivity index (χ4n) is 1.50. The largest absolute Gasteiger partial charge is 0.486 e. The van der Waals surface area contributed by atoms with Gasteiger partial charge in [0.1, 0.15) is 28.3 Å². The second-order valence-electron chi connectivity index (χ2n) is 3.48. The normalized spacial score (nSPS) is 9.88. The maximum atomic E-state index is 8.70. The predicted molar refractivity (Wildman–Crippen MR) is 67.0 cm³/mol. The summed E-state index contributed by atoms with van der Waals surface area (Å²) in [6.07, 6.45) is 2.52. The molecule has 0 fully saturated rings. The number of benzene rings is 1. The number of aromatic nitrogens is 1. The molecule has 0 radical (unpaired) electrons. The van der Waals surface area contributed by atoms with Gasteiger partial charge in [-0.3, -0.25) is 0 Å². The number of thiazole rings is 1. The van der Waals surface area contributed by atoms with E-state index in [1.807, 2.05) is 18.2 Å². The first-order chi connectivity index (χ1) is 8.33. The number of para-hydroxylation sites is 1. The molecule has 2 aromatic rings. The van der Waals surface area contributed by atoms with Gasteiger partial charge in [0.2, 0.25) is 0 Å². The maximum Gasteiger partial charge on any atom is 0.140 e. The molecular formula is C13H12N2OS. The highest BCUT2D eigenvalue weighted by Crippen LogP contribution is 2.20. The smallest absolute Gasteiger partial charge is 0.140 e. The van der Waals surface area contributed by atoms with E-state index < -0.39 is 0 Å². The fourth-order valence-corrected chi connectivity index (χ4v) is 2.13. The Morgan fingerprint density at radius 3 is 2.94 bits per heavy atom. The quantitative estimate of drug-likeness (QED) is 0.830. The fraction of sp³-hybridized carbons (Fsp3) is 0.231. The van der Waals surface area contributed by atoms with Gasteiger partial charge in [0, 0.05) is 0 Å². The molecule has 2 rings (SSSR count). The Morgan fingerprint density at radius 2 is 2.24 bits per heavy atom. The van der Waals surface area contributed by atoms with E-state index in [1.54, 1.807) is 6.20 Å². The van der Waals surface area contributed by atoms with Crippen molar-refractivity contribution in [2.45, 2.75) is 20.0 Å². The zero-order valence-corrected chi connectivity index (χ0v) is 10.3. The molecule has 0 aliphatic heterocycles. The van der Waals surface area contributed by atoms with Crippen molar-refractivity contribution < 1.29 is 4.74 Å². The lowest BCUT2D eigenvalue weighted by molar-refractivity contribution is 0.302. The van der Waals surface area contributed by atoms with Crippen LogP contribution in [0.5, 0.6) is 5.75 Å². The molecule has 0 aliphatic rings. The van der Waals surface area contributed by atoms with E-state index >= 15 is 0 Å². The highest BCUT2D eigenvalue weighted by atomic mass is 32.1. The molecule has 0 saturated heterocycles. The number of nitrogens with zero attached hydrogens (tertiary/aromatic N) is 2. The van der Waals surface area contributed by atoms with E-state index in [9.17, 15) is 0 Å². The Labute approximate surface area is 104 Å². The van der Waals surface area contributed by atoms with Crippen molar-refractivity contribution in [3.05, 3.63) is 45.9 Å². The van der Waals surface area contributed by atoms with Gasteiger partial charge in [-0.1, -0.05) is 25.1 Å². The summed E-state index contributed by atoms with van der Waals surface area (Å²) in [5, 5.41) is 9.52. The molecule has 0 amide bonds. The van der Waals surface area contributed by atoms with Crippen molar-refractivity contribution >= 4 is 11.3 Å². The molecule has 1 aromatic heterocycles. The van der Waals surface area contributed by atoms with Gasteiger partial charge in [-0.15, -0.1) is 11.3 Å². The van der Waals surface area contributed by atoms with Crippen LogP contribution in [0, 0.1) is 11.3 Å². The summed E-state index contributed by atoms with van der Waals surface area (Å²) >= 11 is 1.37. The second-order valence-corrected chi connectivity index (χ2v) is 4.60. The molecule has 3 nitrogen and oxygen atoms in total. The summed E-state index contributed by atoms with van der Waals surface area (Å²) in [7, 11) is 0. The summed E-state index contributed by atoms with van der Waals surface area (Å²) in [6.45, 7) is 2.52. The van der Waals surface area contributed by atoms with E-state index in [4.69, 9.17) is 10.00 Å². The monoisotopic (exact) mass is 244 g/mol. The van der Waals surface area contributed by atoms with E-state index in [0.717, 1.165) is 17.2 Å². The standard InChI is InChI=1S/C13H12N2OS/c1-2-10-5-3-4-6-12(10)16-9-13-15-8-11(7-14)17-13/h3-6,8H,2,9H2,1H3. The second kappa shape index (κ2) is 5.46. The van der Waals surface area contributed by atoms with Crippen molar-refractivity contribution in [1.29, 1.82) is 5.26 Å². The number of hydrogen-bond acceptors (Lipinski definition) is 4. The van der Waals surface area contributed by atoms with Gasteiger partial charge in [-0.2, -0.15) is 5.26 Å². The molecule has 0 bridgehead atoms. The molecule has 0 unspecified atom stereocenters. The van der Waals surface area contributed by atoms with E-state index in [1.165, 1.54) is 16.9 Å². The van der Waals surface area contributed by atoms with E-state index in [0.29, 0.717) is 11.5 Å². The van der Waals surface area contributed by atoms with Crippen molar-refractivity contribution in [3.63, 3.8) is 0 Å². The zero-order chi connectivity index (χ0) is 12.1. The molecule has 0 N–H and O–H groups in total. The number of rotatable bonds is 4. The SMILES string of the molecule is CCc1ccccc1OCc1ncc(C#N)s1. The van der Waals surface area contributed by atoms with Gasteiger partial charge in [-0.25, -0.2) is 4.98 Å². The molecule has 0 atom stereocenters. The van der Waals surface area contributed by atoms with Crippen LogP contribution in [0.2, 0.25) is 0 Å². The molecule has 1 heterocycles. The zero-order valence-electron chi connectivity index (χ0n) is 9.51. The highest BCUT2D eigenvalue weighted by molar-refractivity contribution is 7.12. The molecule has 0 aliphatic carbocycles. The van der Waals surface area contributed by atoms with Crippen molar-refractivity contribution in [2.24, 2.45) is 0 Å². The Kier molecular flexibility index (Phi) is 3.73. The third-order valence-corrected chi connectivity index (χ3v) is 3.24. The van der Waals surface area contributed by atoms with Gasteiger partial charge >= 0.3 is 0 Å². The Bertz CT molecular complexity index is 542. The third-order valence-electron chi connectivity index (χ3n) is 2.37. The molecular weight excluding hydrogens is 232 g/mol. The Hall–Kier alpha value is -1.86. The average Bonchev–Trinajstić information content (AvgIpc) is 2.84. The lowest BCUT2D eigenvalue weighted by Crippen LogP contribution is -1.97. The average molecular weight is 244 g/mol. The van der Waals surface area contributed by atoms with Crippen LogP contribution in [-0.4, -0.2) is 4.98 Å². The molecule has 17 heavy (non-hydrogen) atoms. The van der Waals surface area contributed by atoms with Crippen molar-refractivity contribution in [3.8, 4) is 11.8 Å². The first-order valence-electron chi connectivity index (χ1n) is 5.39. The highest BCUT2D eigenvalue weighted by Gasteiger charge is 2.04. The van der Waals surface area contributed by atoms with Crippen LogP contribution < -0.4 is 4.74 Å². The van der Waals surface area contributed by atoms with Gasteiger partial charge in [0.25, 0.3) is 0 Å². The van der Waals surface area contributed by atoms with Crippen LogP contribution >= 0.6 is 11.3 Å². The van der Waals surface area contributed by atoms with Crippen LogP contribution in [-0.2, 0) is 13.0 Å². The van der Waals surface area contributed by atoms with Crippen LogP contribution in [0.1, 0.15) is 22.4 Å². The molecule has 86 valence electrons. The van der Waals surface area contributed by atoms with E-state index in [2.05, 4.69) is 24.0 Å². The molecule has 0 saturated carbocycles. The molecule has 4 heteroatoms. The van der Waals surface area contributed by atoms with Crippen LogP contribution in [0.15, 0.2) is 30.5 Å². The first kappa shape index (κ1) is 11.6. The van der Waals surface area contributed by atoms with Gasteiger partial charge in [-0.05, 0) is 18.1 Å². The lowest BCUT2D eigenvalue weighted by Gasteiger charge is -2.08. The van der Waals surface area contributed by atoms with E-state index in [-0.39, 0.29) is 0 Å². The predicted octanol–water partition coefficient (Wildman–Crippen LogP) is 3.16. The summed E-state index contributed by atoms with van der Waals surface area (Å²) in [6, 6.07) is 10.0. The van der Waals surface area contributed by atoms with Gasteiger partial charge < -0.3 is 4.74 Å². The van der Waals surface area contributed by atoms with Crippen LogP contribution in [0.25, 0.3) is 0 Å². The summed E-state index contributed by atoms with van der Waals surface area (Å²) in [5.74, 6) is 0.892. The summed E-state index contributed by atoms with van der Waals surface area (Å²) in [4.78, 5) is 4.75. The van der Waals surface area contributed by atoms with Gasteiger partial charge in [0.15, 0.2) is 0 Å². The summed E-state index contributed by atoms with van der Waals surface area (Å²) in [5.41, 5.74) is 1.18. The van der Waals surface area contributed by atoms with Crippen molar-refractivity contribution in [2.75, 3.05) is 0 Å². The first-order valence-corrected chi connectivity index (χ1v) is 6.20. The minimum absolute atomic E-state index is 0.420. The summed E-state index contributed by atoms with van der Waals surface area (Å²) < 4.78 is 5.71. The number of ether oxygens (including phenoxy) is 1. The lowest BCUT2D eigenvalue weighted by atomic mass is 10.1. The minimum atomic E-state index is 0.420. The number of aryl methyl sites for hydroxylation is 1. The maximum absolute atomic E-state index is 8.70.